The maximum Gasteiger partial charge on any atom is 0.256 e. The number of likely N-dealkylation sites (N-methyl/N-ethyl adjacent to an activating group) is 4. The first-order valence-corrected chi connectivity index (χ1v) is 34.0. The molecule has 4 aromatic carbocycles. The van der Waals surface area contributed by atoms with Crippen LogP contribution < -0.4 is 28.3 Å². The Morgan fingerprint density at radius 3 is 1.34 bits per heavy atom. The van der Waals surface area contributed by atoms with Crippen LogP contribution in [0.4, 0.5) is 0 Å². The Morgan fingerprint density at radius 2 is 0.915 bits per heavy atom. The number of hydrogen-bond donors (Lipinski definition) is 5. The molecule has 2 fully saturated rings. The first-order valence-electron chi connectivity index (χ1n) is 34.0. The van der Waals surface area contributed by atoms with Gasteiger partial charge in [0.2, 0.25) is 29.5 Å². The molecule has 6 atom stereocenters. The van der Waals surface area contributed by atoms with Gasteiger partial charge in [-0.2, -0.15) is 0 Å². The minimum Gasteiger partial charge on any atom is -0.354 e. The van der Waals surface area contributed by atoms with Gasteiger partial charge in [-0.05, 0) is 193 Å². The van der Waals surface area contributed by atoms with E-state index in [4.69, 9.17) is 32.9 Å². The molecule has 21 heteroatoms. The van der Waals surface area contributed by atoms with Gasteiger partial charge < -0.3 is 57.7 Å². The minimum absolute atomic E-state index is 0.0918. The number of carbonyl (C=O) groups excluding carboxylic acids is 8. The first-order chi connectivity index (χ1) is 45.4. The number of ketones is 1. The topological polar surface area (TPSA) is 298 Å². The number of amides is 7. The van der Waals surface area contributed by atoms with Crippen molar-refractivity contribution in [2.75, 3.05) is 74.0 Å². The monoisotopic (exact) mass is 1290 g/mol. The zero-order valence-electron chi connectivity index (χ0n) is 56.0. The van der Waals surface area contributed by atoms with Gasteiger partial charge in [-0.25, -0.2) is 0 Å². The fraction of sp³-hybridized carbons (Fsp3) is 0.507. The second-order valence-electron chi connectivity index (χ2n) is 25.3. The van der Waals surface area contributed by atoms with Gasteiger partial charge in [-0.1, -0.05) is 74.5 Å². The van der Waals surface area contributed by atoms with E-state index in [1.807, 2.05) is 98.8 Å². The van der Waals surface area contributed by atoms with Crippen molar-refractivity contribution in [2.45, 2.75) is 166 Å². The van der Waals surface area contributed by atoms with Crippen molar-refractivity contribution >= 4 is 90.5 Å². The summed E-state index contributed by atoms with van der Waals surface area (Å²) in [6.45, 7) is 6.29. The van der Waals surface area contributed by atoms with Crippen molar-refractivity contribution in [3.05, 3.63) is 120 Å². The number of benzene rings is 4. The molecular weight excluding hydrogens is 1190 g/mol. The number of pyridine rings is 2. The smallest absolute Gasteiger partial charge is 0.256 e. The van der Waals surface area contributed by atoms with Crippen LogP contribution in [-0.2, 0) is 41.6 Å². The molecule has 21 nitrogen and oxygen atoms in total. The second kappa shape index (κ2) is 34.3. The van der Waals surface area contributed by atoms with Gasteiger partial charge in [0, 0.05) is 65.0 Å². The van der Waals surface area contributed by atoms with Gasteiger partial charge in [-0.3, -0.25) is 48.3 Å². The van der Waals surface area contributed by atoms with Crippen molar-refractivity contribution < 1.29 is 38.4 Å². The van der Waals surface area contributed by atoms with Crippen LogP contribution in [-0.4, -0.2) is 197 Å². The highest BCUT2D eigenvalue weighted by Crippen LogP contribution is 2.32. The van der Waals surface area contributed by atoms with Crippen molar-refractivity contribution in [2.24, 2.45) is 22.9 Å². The van der Waals surface area contributed by atoms with Gasteiger partial charge in [0.25, 0.3) is 11.8 Å². The quantitative estimate of drug-likeness (QED) is 0.0155. The number of aryl methyl sites for hydroxylation is 2. The number of nitrogens with zero attached hydrogens (tertiary/aromatic N) is 8. The number of rotatable bonds is 33. The second-order valence-corrected chi connectivity index (χ2v) is 25.3. The summed E-state index contributed by atoms with van der Waals surface area (Å²) in [5.74, 6) is -3.17. The van der Waals surface area contributed by atoms with Crippen molar-refractivity contribution in [1.29, 1.82) is 0 Å². The molecule has 94 heavy (non-hydrogen) atoms. The Morgan fingerprint density at radius 1 is 0.511 bits per heavy atom. The maximum atomic E-state index is 15.4. The number of carbonyl (C=O) groups is 8. The average molecular weight is 1290 g/mol. The fourth-order valence-electron chi connectivity index (χ4n) is 13.5. The Bertz CT molecular complexity index is 3470. The molecule has 0 radical (unpaired) electrons. The first kappa shape index (κ1) is 71.6. The molecule has 3 unspecified atom stereocenters. The van der Waals surface area contributed by atoms with Crippen molar-refractivity contribution in [1.82, 2.24) is 44.7 Å². The Hall–Kier alpha value is -8.24. The van der Waals surface area contributed by atoms with Gasteiger partial charge in [0.1, 0.15) is 30.2 Å². The molecule has 7 amide bonds. The average Bonchev–Trinajstić information content (AvgIpc) is 1.05. The fourth-order valence-corrected chi connectivity index (χ4v) is 13.5. The molecule has 0 aliphatic carbocycles. The van der Waals surface area contributed by atoms with Gasteiger partial charge >= 0.3 is 0 Å². The predicted octanol–water partition coefficient (Wildman–Crippen LogP) is 7.19. The number of fused-ring (bicyclic) bond motifs is 4. The largest absolute Gasteiger partial charge is 0.354 e. The summed E-state index contributed by atoms with van der Waals surface area (Å²) in [6.07, 6.45) is 10.7. The van der Waals surface area contributed by atoms with Crippen LogP contribution in [0.25, 0.3) is 43.4 Å². The van der Waals surface area contributed by atoms with Crippen LogP contribution in [0.2, 0.25) is 0 Å². The Kier molecular flexibility index (Phi) is 26.1. The molecule has 2 aliphatic heterocycles. The SMILES string of the molecule is CCc1nc2cc3ccccc3cc2cc1C(=O)N1CCCC1C(=O)N(C)C(CC=CC[C@@H](C(=O)N(C)[C@@H](CCCCN)C(=O)CCCCN)N(C)C(=O)C1CCCN1C(=O)c1cc2cc3ccccc3cc2nc1CC)C(=O)N(C)[C@@H](CCCCN)C(=O)NCCCN. The van der Waals surface area contributed by atoms with E-state index in [1.54, 1.807) is 43.1 Å². The van der Waals surface area contributed by atoms with Crippen molar-refractivity contribution in [3.8, 4) is 0 Å². The number of hydrogen-bond acceptors (Lipinski definition) is 14. The lowest BCUT2D eigenvalue weighted by Gasteiger charge is -2.37. The normalized spacial score (nSPS) is 16.2. The van der Waals surface area contributed by atoms with Crippen LogP contribution >= 0.6 is 0 Å². The molecule has 2 saturated heterocycles. The molecule has 6 aromatic rings. The summed E-state index contributed by atoms with van der Waals surface area (Å²) in [4.78, 5) is 138. The van der Waals surface area contributed by atoms with E-state index < -0.39 is 59.9 Å². The van der Waals surface area contributed by atoms with E-state index in [0.29, 0.717) is 158 Å². The van der Waals surface area contributed by atoms with E-state index >= 15 is 19.2 Å². The number of Topliss-reactive ketones (excluding diaryl/α,β-unsaturated/α-hetero) is 1. The standard InChI is InChI=1S/C73H99N13O8/c1-7-56-54(44-52-42-48-24-9-11-26-50(48)46-58(52)79-56)68(89)85-40-21-32-64(85)72(93)83(5)62(70(91)81(3)60(28-15-18-35-74)66(87)34-17-20-37-76)30-13-14-31-63(71(92)82(4)61(29-16-19-36-75)67(88)78-39-23-38-77)84(6)73(94)65-33-22-41-86(65)69(90)55-45-53-43-49-25-10-12-27-51(49)47-59(53)80-57(55)8-2/h9-14,24-27,42-47,60-65H,7-8,15-23,28-41,74-77H2,1-6H3,(H,78,88)/t60-,61-,62-,63?,64?,65?/m0/s1. The van der Waals surface area contributed by atoms with Crippen LogP contribution in [0, 0.1) is 0 Å². The van der Waals surface area contributed by atoms with E-state index in [-0.39, 0.29) is 49.2 Å². The Balaban J connectivity index is 1.12. The van der Waals surface area contributed by atoms with Crippen LogP contribution in [0.3, 0.4) is 0 Å². The molecule has 0 spiro atoms. The number of nitrogens with two attached hydrogens (primary N) is 4. The molecule has 0 bridgehead atoms. The highest BCUT2D eigenvalue weighted by Gasteiger charge is 2.44. The van der Waals surface area contributed by atoms with E-state index in [0.717, 1.165) is 43.4 Å². The van der Waals surface area contributed by atoms with Gasteiger partial charge in [-0.15, -0.1) is 0 Å². The van der Waals surface area contributed by atoms with Crippen LogP contribution in [0.1, 0.15) is 149 Å². The molecule has 504 valence electrons. The summed E-state index contributed by atoms with van der Waals surface area (Å²) >= 11 is 0. The number of likely N-dealkylation sites (tertiary alicyclic amines) is 2. The van der Waals surface area contributed by atoms with Gasteiger partial charge in [0.15, 0.2) is 5.78 Å². The molecule has 0 saturated carbocycles. The lowest BCUT2D eigenvalue weighted by atomic mass is 9.98. The zero-order valence-corrected chi connectivity index (χ0v) is 56.0. The maximum absolute atomic E-state index is 15.4. The lowest BCUT2D eigenvalue weighted by molar-refractivity contribution is -0.149. The highest BCUT2D eigenvalue weighted by atomic mass is 16.2. The summed E-state index contributed by atoms with van der Waals surface area (Å²) < 4.78 is 0. The van der Waals surface area contributed by atoms with Crippen molar-refractivity contribution in [3.63, 3.8) is 0 Å². The number of nitrogens with one attached hydrogen (secondary N) is 1. The summed E-state index contributed by atoms with van der Waals surface area (Å²) in [5.41, 5.74) is 27.0. The third-order valence-electron chi connectivity index (χ3n) is 19.1. The number of unbranched alkanes of at least 4 members (excludes halogenated alkanes) is 3. The van der Waals surface area contributed by atoms with Crippen LogP contribution in [0.5, 0.6) is 0 Å². The highest BCUT2D eigenvalue weighted by molar-refractivity contribution is 6.06. The molecule has 8 rings (SSSR count). The minimum atomic E-state index is -1.23. The van der Waals surface area contributed by atoms with E-state index in [1.165, 1.54) is 26.6 Å². The molecule has 4 heterocycles. The van der Waals surface area contributed by atoms with Gasteiger partial charge in [0.05, 0.1) is 39.6 Å². The number of aromatic nitrogens is 2. The van der Waals surface area contributed by atoms with Crippen LogP contribution in [0.15, 0.2) is 97.1 Å². The van der Waals surface area contributed by atoms with E-state index in [2.05, 4.69) is 5.32 Å². The van der Waals surface area contributed by atoms with E-state index in [9.17, 15) is 19.2 Å². The summed E-state index contributed by atoms with van der Waals surface area (Å²) in [5, 5.41) is 8.56. The predicted molar refractivity (Wildman–Crippen MR) is 370 cm³/mol. The third kappa shape index (κ3) is 16.8. The molecule has 9 N–H and O–H groups in total. The third-order valence-corrected chi connectivity index (χ3v) is 19.1. The lowest BCUT2D eigenvalue weighted by Crippen LogP contribution is -2.57. The molecule has 2 aromatic heterocycles. The summed E-state index contributed by atoms with van der Waals surface area (Å²) in [6, 6.07) is 21.6. The molecular formula is C73H99N13O8. The Labute approximate surface area is 553 Å². The zero-order chi connectivity index (χ0) is 67.6. The molecule has 2 aliphatic rings. The summed E-state index contributed by atoms with van der Waals surface area (Å²) in [7, 11) is 6.21.